The zero-order chi connectivity index (χ0) is 21.3. The van der Waals surface area contributed by atoms with Crippen LogP contribution in [0.5, 0.6) is 0 Å². The van der Waals surface area contributed by atoms with E-state index in [2.05, 4.69) is 20.6 Å². The van der Waals surface area contributed by atoms with Crippen molar-refractivity contribution in [1.29, 1.82) is 0 Å². The molecule has 2 heterocycles. The van der Waals surface area contributed by atoms with E-state index >= 15 is 0 Å². The lowest BCUT2D eigenvalue weighted by atomic mass is 10.1. The van der Waals surface area contributed by atoms with E-state index in [1.807, 2.05) is 0 Å². The Labute approximate surface area is 185 Å². The number of carbonyl (C=O) groups is 1. The molecule has 0 spiro atoms. The third-order valence-corrected chi connectivity index (χ3v) is 5.29. The van der Waals surface area contributed by atoms with E-state index in [0.717, 1.165) is 0 Å². The van der Waals surface area contributed by atoms with E-state index in [-0.39, 0.29) is 28.9 Å². The summed E-state index contributed by atoms with van der Waals surface area (Å²) in [7, 11) is 0. The lowest BCUT2D eigenvalue weighted by Gasteiger charge is -2.03. The van der Waals surface area contributed by atoms with Crippen molar-refractivity contribution in [3.05, 3.63) is 86.9 Å². The molecule has 152 valence electrons. The number of nitrogens with zero attached hydrogens (tertiary/aromatic N) is 3. The first-order valence-electron chi connectivity index (χ1n) is 8.69. The van der Waals surface area contributed by atoms with Gasteiger partial charge in [0.25, 0.3) is 5.91 Å². The largest absolute Gasteiger partial charge is 0.302 e. The molecule has 30 heavy (non-hydrogen) atoms. The average Bonchev–Trinajstić information content (AvgIpc) is 3.33. The van der Waals surface area contributed by atoms with E-state index in [1.54, 1.807) is 42.5 Å². The number of carbonyl (C=O) groups excluding carboxylic acids is 1. The van der Waals surface area contributed by atoms with E-state index in [4.69, 9.17) is 34.8 Å². The quantitative estimate of drug-likeness (QED) is 0.399. The summed E-state index contributed by atoms with van der Waals surface area (Å²) in [5.74, 6) is -0.669. The second kappa shape index (κ2) is 8.47. The fourth-order valence-electron chi connectivity index (χ4n) is 2.78. The maximum atomic E-state index is 13.8. The van der Waals surface area contributed by atoms with Crippen molar-refractivity contribution in [2.24, 2.45) is 0 Å². The van der Waals surface area contributed by atoms with Crippen molar-refractivity contribution in [3.8, 4) is 11.3 Å². The van der Waals surface area contributed by atoms with Gasteiger partial charge in [0, 0.05) is 17.3 Å². The minimum Gasteiger partial charge on any atom is -0.302 e. The van der Waals surface area contributed by atoms with Crippen LogP contribution >= 0.6 is 34.8 Å². The summed E-state index contributed by atoms with van der Waals surface area (Å²) in [6.45, 7) is 0.174. The first kappa shape index (κ1) is 20.4. The highest BCUT2D eigenvalue weighted by Crippen LogP contribution is 2.28. The molecule has 0 bridgehead atoms. The Morgan fingerprint density at radius 2 is 1.87 bits per heavy atom. The van der Waals surface area contributed by atoms with E-state index in [9.17, 15) is 9.18 Å². The summed E-state index contributed by atoms with van der Waals surface area (Å²) in [6, 6.07) is 13.0. The minimum absolute atomic E-state index is 0.156. The molecule has 4 aromatic rings. The fourth-order valence-corrected chi connectivity index (χ4v) is 3.28. The Kier molecular flexibility index (Phi) is 5.76. The molecule has 4 rings (SSSR count). The van der Waals surface area contributed by atoms with Crippen molar-refractivity contribution < 1.29 is 9.18 Å². The number of nitrogens with one attached hydrogen (secondary N) is 2. The molecule has 2 aromatic carbocycles. The number of amides is 1. The van der Waals surface area contributed by atoms with Crippen LogP contribution in [0.4, 0.5) is 10.2 Å². The monoisotopic (exact) mass is 463 g/mol. The maximum absolute atomic E-state index is 13.8. The molecule has 0 unspecified atom stereocenters. The van der Waals surface area contributed by atoms with Crippen molar-refractivity contribution in [2.75, 3.05) is 5.32 Å². The van der Waals surface area contributed by atoms with Gasteiger partial charge < -0.3 is 5.32 Å². The van der Waals surface area contributed by atoms with Gasteiger partial charge in [0.1, 0.15) is 16.5 Å². The average molecular weight is 465 g/mol. The van der Waals surface area contributed by atoms with Crippen LogP contribution in [0.25, 0.3) is 11.3 Å². The van der Waals surface area contributed by atoms with Gasteiger partial charge in [-0.15, -0.1) is 0 Å². The van der Waals surface area contributed by atoms with Crippen molar-refractivity contribution in [2.45, 2.75) is 6.54 Å². The highest BCUT2D eigenvalue weighted by atomic mass is 35.5. The third kappa shape index (κ3) is 4.33. The number of halogens is 4. The van der Waals surface area contributed by atoms with Crippen LogP contribution in [0.2, 0.25) is 15.1 Å². The summed E-state index contributed by atoms with van der Waals surface area (Å²) in [5, 5.41) is 14.7. The zero-order valence-electron chi connectivity index (χ0n) is 15.2. The van der Waals surface area contributed by atoms with Crippen LogP contribution in [0.1, 0.15) is 16.1 Å². The second-order valence-electron chi connectivity index (χ2n) is 6.36. The Morgan fingerprint density at radius 1 is 1.07 bits per heavy atom. The Bertz CT molecular complexity index is 1240. The molecule has 0 atom stereocenters. The highest BCUT2D eigenvalue weighted by Gasteiger charge is 2.16. The standard InChI is InChI=1S/C20H13Cl3FN5O/c21-13-6-5-11(7-14(13)22)17-8-18(27-26-17)20(30)25-19-15(23)10-29(28-19)9-12-3-1-2-4-16(12)24/h1-8,10H,9H2,(H,26,27)(H,25,28,30). The van der Waals surface area contributed by atoms with E-state index < -0.39 is 5.91 Å². The normalized spacial score (nSPS) is 10.9. The predicted octanol–water partition coefficient (Wildman–Crippen LogP) is 5.67. The summed E-state index contributed by atoms with van der Waals surface area (Å²) in [6.07, 6.45) is 1.51. The van der Waals surface area contributed by atoms with Gasteiger partial charge in [-0.05, 0) is 24.3 Å². The lowest BCUT2D eigenvalue weighted by molar-refractivity contribution is 0.102. The topological polar surface area (TPSA) is 75.6 Å². The molecule has 1 amide bonds. The second-order valence-corrected chi connectivity index (χ2v) is 7.59. The number of benzene rings is 2. The van der Waals surface area contributed by atoms with Crippen molar-refractivity contribution >= 4 is 46.5 Å². The summed E-state index contributed by atoms with van der Waals surface area (Å²) in [5.41, 5.74) is 1.88. The first-order valence-corrected chi connectivity index (χ1v) is 9.82. The van der Waals surface area contributed by atoms with Crippen LogP contribution < -0.4 is 5.32 Å². The van der Waals surface area contributed by atoms with Gasteiger partial charge in [-0.2, -0.15) is 10.2 Å². The number of H-pyrrole nitrogens is 1. The van der Waals surface area contributed by atoms with Gasteiger partial charge in [-0.25, -0.2) is 4.39 Å². The van der Waals surface area contributed by atoms with Crippen molar-refractivity contribution in [1.82, 2.24) is 20.0 Å². The SMILES string of the molecule is O=C(Nc1nn(Cc2ccccc2F)cc1Cl)c1cc(-c2ccc(Cl)c(Cl)c2)n[nH]1. The van der Waals surface area contributed by atoms with Crippen LogP contribution in [0, 0.1) is 5.82 Å². The molecule has 0 aliphatic heterocycles. The Morgan fingerprint density at radius 3 is 2.63 bits per heavy atom. The highest BCUT2D eigenvalue weighted by molar-refractivity contribution is 6.42. The molecular weight excluding hydrogens is 452 g/mol. The van der Waals surface area contributed by atoms with Crippen LogP contribution in [0.3, 0.4) is 0 Å². The summed E-state index contributed by atoms with van der Waals surface area (Å²) in [4.78, 5) is 12.6. The van der Waals surface area contributed by atoms with Gasteiger partial charge in [-0.3, -0.25) is 14.6 Å². The number of hydrogen-bond acceptors (Lipinski definition) is 3. The number of rotatable bonds is 5. The molecule has 6 nitrogen and oxygen atoms in total. The molecule has 0 fully saturated rings. The minimum atomic E-state index is -0.480. The summed E-state index contributed by atoms with van der Waals surface area (Å²) < 4.78 is 15.3. The zero-order valence-corrected chi connectivity index (χ0v) is 17.4. The number of aromatic nitrogens is 4. The van der Waals surface area contributed by atoms with Crippen LogP contribution in [0.15, 0.2) is 54.7 Å². The molecule has 0 saturated heterocycles. The van der Waals surface area contributed by atoms with Gasteiger partial charge >= 0.3 is 0 Å². The molecule has 2 N–H and O–H groups in total. The predicted molar refractivity (Wildman–Crippen MR) is 115 cm³/mol. The molecule has 2 aromatic heterocycles. The number of anilines is 1. The molecule has 0 aliphatic carbocycles. The van der Waals surface area contributed by atoms with Crippen LogP contribution in [-0.2, 0) is 6.54 Å². The van der Waals surface area contributed by atoms with E-state index in [0.29, 0.717) is 26.9 Å². The Hall–Kier alpha value is -2.87. The van der Waals surface area contributed by atoms with Gasteiger partial charge in [0.05, 0.1) is 22.3 Å². The first-order chi connectivity index (χ1) is 14.4. The fraction of sp³-hybridized carbons (Fsp3) is 0.0500. The molecule has 0 radical (unpaired) electrons. The number of aromatic amines is 1. The van der Waals surface area contributed by atoms with Gasteiger partial charge in [-0.1, -0.05) is 59.1 Å². The molecule has 0 aliphatic rings. The molecule has 0 saturated carbocycles. The van der Waals surface area contributed by atoms with Crippen LogP contribution in [-0.4, -0.2) is 25.9 Å². The van der Waals surface area contributed by atoms with E-state index in [1.165, 1.54) is 16.9 Å². The number of hydrogen-bond donors (Lipinski definition) is 2. The van der Waals surface area contributed by atoms with Crippen molar-refractivity contribution in [3.63, 3.8) is 0 Å². The lowest BCUT2D eigenvalue weighted by Crippen LogP contribution is -2.13. The van der Waals surface area contributed by atoms with Gasteiger partial charge in [0.2, 0.25) is 0 Å². The molecule has 10 heteroatoms. The maximum Gasteiger partial charge on any atom is 0.274 e. The Balaban J connectivity index is 1.49. The molecular formula is C20H13Cl3FN5O. The summed E-state index contributed by atoms with van der Waals surface area (Å²) >= 11 is 18.1. The van der Waals surface area contributed by atoms with Gasteiger partial charge in [0.15, 0.2) is 5.82 Å². The smallest absolute Gasteiger partial charge is 0.274 e. The third-order valence-electron chi connectivity index (χ3n) is 4.28.